The lowest BCUT2D eigenvalue weighted by Gasteiger charge is -2.44. The Morgan fingerprint density at radius 1 is 1.12 bits per heavy atom. The zero-order chi connectivity index (χ0) is 11.4. The summed E-state index contributed by atoms with van der Waals surface area (Å²) in [6, 6.07) is 0.809. The second-order valence-electron chi connectivity index (χ2n) is 5.75. The summed E-state index contributed by atoms with van der Waals surface area (Å²) in [5.41, 5.74) is 5.96. The average Bonchev–Trinajstić information content (AvgIpc) is 2.39. The van der Waals surface area contributed by atoms with E-state index in [0.29, 0.717) is 0 Å². The van der Waals surface area contributed by atoms with Crippen LogP contribution < -0.4 is 5.73 Å². The molecule has 1 aliphatic heterocycles. The predicted octanol–water partition coefficient (Wildman–Crippen LogP) is 2.63. The molecule has 0 amide bonds. The second-order valence-corrected chi connectivity index (χ2v) is 5.75. The molecular formula is C14H28N2. The molecule has 0 radical (unpaired) electrons. The monoisotopic (exact) mass is 224 g/mol. The normalized spacial score (nSPS) is 37.5. The fourth-order valence-corrected chi connectivity index (χ4v) is 3.64. The van der Waals surface area contributed by atoms with Crippen LogP contribution in [0.25, 0.3) is 0 Å². The summed E-state index contributed by atoms with van der Waals surface area (Å²) in [7, 11) is 0. The van der Waals surface area contributed by atoms with Gasteiger partial charge >= 0.3 is 0 Å². The van der Waals surface area contributed by atoms with Crippen LogP contribution in [0, 0.1) is 11.8 Å². The second kappa shape index (κ2) is 6.02. The molecule has 3 unspecified atom stereocenters. The van der Waals surface area contributed by atoms with Crippen LogP contribution in [0.4, 0.5) is 0 Å². The molecule has 3 atom stereocenters. The fourth-order valence-electron chi connectivity index (χ4n) is 3.64. The summed E-state index contributed by atoms with van der Waals surface area (Å²) in [5, 5.41) is 0. The summed E-state index contributed by atoms with van der Waals surface area (Å²) in [4.78, 5) is 2.75. The van der Waals surface area contributed by atoms with E-state index in [9.17, 15) is 0 Å². The first kappa shape index (κ1) is 12.4. The average molecular weight is 224 g/mol. The first-order chi connectivity index (χ1) is 7.85. The van der Waals surface area contributed by atoms with Gasteiger partial charge in [-0.2, -0.15) is 0 Å². The minimum Gasteiger partial charge on any atom is -0.330 e. The molecule has 0 bridgehead atoms. The Morgan fingerprint density at radius 3 is 2.50 bits per heavy atom. The molecule has 0 aromatic rings. The van der Waals surface area contributed by atoms with Crippen LogP contribution in [0.3, 0.4) is 0 Å². The van der Waals surface area contributed by atoms with Gasteiger partial charge in [0.05, 0.1) is 0 Å². The maximum atomic E-state index is 5.96. The van der Waals surface area contributed by atoms with Gasteiger partial charge in [0.1, 0.15) is 0 Å². The lowest BCUT2D eigenvalue weighted by atomic mass is 9.76. The molecule has 94 valence electrons. The molecule has 2 N–H and O–H groups in total. The maximum absolute atomic E-state index is 5.96. The highest BCUT2D eigenvalue weighted by Crippen LogP contribution is 2.34. The molecule has 0 aromatic carbocycles. The van der Waals surface area contributed by atoms with Crippen molar-refractivity contribution in [1.29, 1.82) is 0 Å². The van der Waals surface area contributed by atoms with Crippen molar-refractivity contribution in [2.45, 2.75) is 57.9 Å². The van der Waals surface area contributed by atoms with E-state index in [1.807, 2.05) is 0 Å². The largest absolute Gasteiger partial charge is 0.330 e. The Balaban J connectivity index is 1.95. The molecule has 0 spiro atoms. The molecular weight excluding hydrogens is 196 g/mol. The topological polar surface area (TPSA) is 29.3 Å². The van der Waals surface area contributed by atoms with E-state index >= 15 is 0 Å². The molecule has 2 aliphatic rings. The number of nitrogens with zero attached hydrogens (tertiary/aromatic N) is 1. The van der Waals surface area contributed by atoms with Crippen molar-refractivity contribution >= 4 is 0 Å². The maximum Gasteiger partial charge on any atom is 0.0138 e. The number of likely N-dealkylation sites (tertiary alicyclic amines) is 1. The zero-order valence-corrected chi connectivity index (χ0v) is 10.8. The van der Waals surface area contributed by atoms with Crippen LogP contribution in [-0.4, -0.2) is 30.6 Å². The van der Waals surface area contributed by atoms with E-state index in [2.05, 4.69) is 11.8 Å². The Kier molecular flexibility index (Phi) is 4.66. The minimum absolute atomic E-state index is 0.779. The van der Waals surface area contributed by atoms with Gasteiger partial charge in [0.2, 0.25) is 0 Å². The van der Waals surface area contributed by atoms with Crippen molar-refractivity contribution < 1.29 is 0 Å². The third-order valence-electron chi connectivity index (χ3n) is 4.80. The molecule has 2 rings (SSSR count). The van der Waals surface area contributed by atoms with Gasteiger partial charge in [-0.15, -0.1) is 0 Å². The van der Waals surface area contributed by atoms with E-state index in [-0.39, 0.29) is 0 Å². The Morgan fingerprint density at radius 2 is 1.88 bits per heavy atom. The number of hydrogen-bond acceptors (Lipinski definition) is 2. The summed E-state index contributed by atoms with van der Waals surface area (Å²) < 4.78 is 0. The van der Waals surface area contributed by atoms with Crippen molar-refractivity contribution in [3.8, 4) is 0 Å². The Hall–Kier alpha value is -0.0800. The third kappa shape index (κ3) is 2.78. The molecule has 16 heavy (non-hydrogen) atoms. The third-order valence-corrected chi connectivity index (χ3v) is 4.80. The summed E-state index contributed by atoms with van der Waals surface area (Å²) in [6.07, 6.45) is 9.82. The van der Waals surface area contributed by atoms with Gasteiger partial charge in [-0.3, -0.25) is 0 Å². The summed E-state index contributed by atoms with van der Waals surface area (Å²) in [5.74, 6) is 1.75. The standard InChI is InChI=1S/C14H28N2/c1-2-12-6-7-13(11-15)14(10-12)16-8-4-3-5-9-16/h12-14H,2-11,15H2,1H3. The smallest absolute Gasteiger partial charge is 0.0138 e. The first-order valence-corrected chi connectivity index (χ1v) is 7.29. The highest BCUT2D eigenvalue weighted by atomic mass is 15.2. The van der Waals surface area contributed by atoms with Gasteiger partial charge in [-0.1, -0.05) is 26.2 Å². The van der Waals surface area contributed by atoms with Crippen molar-refractivity contribution in [3.63, 3.8) is 0 Å². The van der Waals surface area contributed by atoms with Crippen LogP contribution in [0.5, 0.6) is 0 Å². The molecule has 1 saturated carbocycles. The summed E-state index contributed by atoms with van der Waals surface area (Å²) >= 11 is 0. The van der Waals surface area contributed by atoms with Gasteiger partial charge in [0.25, 0.3) is 0 Å². The van der Waals surface area contributed by atoms with Crippen LogP contribution in [0.1, 0.15) is 51.9 Å². The van der Waals surface area contributed by atoms with Crippen molar-refractivity contribution in [2.24, 2.45) is 17.6 Å². The van der Waals surface area contributed by atoms with E-state index in [0.717, 1.165) is 24.4 Å². The molecule has 1 heterocycles. The van der Waals surface area contributed by atoms with E-state index in [1.54, 1.807) is 0 Å². The number of hydrogen-bond donors (Lipinski definition) is 1. The molecule has 2 nitrogen and oxygen atoms in total. The first-order valence-electron chi connectivity index (χ1n) is 7.29. The van der Waals surface area contributed by atoms with E-state index in [1.165, 1.54) is 58.0 Å². The molecule has 1 aliphatic carbocycles. The van der Waals surface area contributed by atoms with Gasteiger partial charge < -0.3 is 10.6 Å². The van der Waals surface area contributed by atoms with Crippen molar-refractivity contribution in [3.05, 3.63) is 0 Å². The highest BCUT2D eigenvalue weighted by Gasteiger charge is 2.33. The number of piperidine rings is 1. The van der Waals surface area contributed by atoms with Crippen molar-refractivity contribution in [2.75, 3.05) is 19.6 Å². The van der Waals surface area contributed by atoms with Gasteiger partial charge in [-0.25, -0.2) is 0 Å². The Labute approximate surface area is 101 Å². The predicted molar refractivity (Wildman–Crippen MR) is 69.4 cm³/mol. The van der Waals surface area contributed by atoms with E-state index in [4.69, 9.17) is 5.73 Å². The van der Waals surface area contributed by atoms with Crippen LogP contribution in [0.15, 0.2) is 0 Å². The van der Waals surface area contributed by atoms with Gasteiger partial charge in [-0.05, 0) is 57.2 Å². The van der Waals surface area contributed by atoms with Crippen molar-refractivity contribution in [1.82, 2.24) is 4.90 Å². The number of rotatable bonds is 3. The number of nitrogens with two attached hydrogens (primary N) is 1. The van der Waals surface area contributed by atoms with Crippen LogP contribution in [0.2, 0.25) is 0 Å². The lowest BCUT2D eigenvalue weighted by molar-refractivity contribution is 0.0653. The molecule has 2 heteroatoms. The molecule has 2 fully saturated rings. The minimum atomic E-state index is 0.779. The zero-order valence-electron chi connectivity index (χ0n) is 10.8. The van der Waals surface area contributed by atoms with Gasteiger partial charge in [0.15, 0.2) is 0 Å². The SMILES string of the molecule is CCC1CCC(CN)C(N2CCCCC2)C1. The Bertz CT molecular complexity index is 199. The highest BCUT2D eigenvalue weighted by molar-refractivity contribution is 4.88. The molecule has 0 aromatic heterocycles. The quantitative estimate of drug-likeness (QED) is 0.798. The van der Waals surface area contributed by atoms with E-state index < -0.39 is 0 Å². The molecule has 1 saturated heterocycles. The summed E-state index contributed by atoms with van der Waals surface area (Å²) in [6.45, 7) is 5.91. The van der Waals surface area contributed by atoms with Crippen LogP contribution >= 0.6 is 0 Å². The van der Waals surface area contributed by atoms with Crippen LogP contribution in [-0.2, 0) is 0 Å². The fraction of sp³-hybridized carbons (Fsp3) is 1.00. The van der Waals surface area contributed by atoms with Gasteiger partial charge in [0, 0.05) is 6.04 Å². The lowest BCUT2D eigenvalue weighted by Crippen LogP contribution is -2.48.